The first-order valence-corrected chi connectivity index (χ1v) is 4.14. The van der Waals surface area contributed by atoms with Crippen LogP contribution in [0.1, 0.15) is 12.5 Å². The van der Waals surface area contributed by atoms with Crippen LogP contribution in [0.15, 0.2) is 23.3 Å². The van der Waals surface area contributed by atoms with Crippen molar-refractivity contribution >= 4 is 17.6 Å². The van der Waals surface area contributed by atoms with Gasteiger partial charge in [-0.15, -0.1) is 0 Å². The third-order valence-electron chi connectivity index (χ3n) is 1.75. The molecule has 0 aromatic heterocycles. The number of hydrogen-bond donors (Lipinski definition) is 1. The Morgan fingerprint density at radius 1 is 1.57 bits per heavy atom. The molecule has 0 radical (unpaired) electrons. The van der Waals surface area contributed by atoms with E-state index in [1.165, 1.54) is 12.1 Å². The fourth-order valence-electron chi connectivity index (χ4n) is 0.978. The standard InChI is InChI=1S/C9H11N3O2/c1-3-10-11-9-6-8(12(13)14)5-4-7(9)2/h3-6,11H,1-2H3/b10-3-. The van der Waals surface area contributed by atoms with Crippen molar-refractivity contribution < 1.29 is 4.92 Å². The second kappa shape index (κ2) is 4.36. The molecule has 0 saturated carbocycles. The van der Waals surface area contributed by atoms with Gasteiger partial charge in [-0.3, -0.25) is 15.5 Å². The molecular weight excluding hydrogens is 182 g/mol. The first kappa shape index (κ1) is 10.2. The van der Waals surface area contributed by atoms with Crippen LogP contribution in [0.5, 0.6) is 0 Å². The normalized spacial score (nSPS) is 10.4. The highest BCUT2D eigenvalue weighted by Gasteiger charge is 2.07. The Hall–Kier alpha value is -1.91. The largest absolute Gasteiger partial charge is 0.278 e. The van der Waals surface area contributed by atoms with Crippen LogP contribution in [0.3, 0.4) is 0 Å². The zero-order valence-corrected chi connectivity index (χ0v) is 8.02. The fourth-order valence-corrected chi connectivity index (χ4v) is 0.978. The van der Waals surface area contributed by atoms with E-state index in [0.717, 1.165) is 5.56 Å². The number of hydrogen-bond acceptors (Lipinski definition) is 4. The van der Waals surface area contributed by atoms with Crippen molar-refractivity contribution in [2.24, 2.45) is 5.10 Å². The van der Waals surface area contributed by atoms with E-state index in [2.05, 4.69) is 10.5 Å². The highest BCUT2D eigenvalue weighted by atomic mass is 16.6. The number of nitro groups is 1. The zero-order valence-electron chi connectivity index (χ0n) is 8.02. The average molecular weight is 193 g/mol. The predicted octanol–water partition coefficient (Wildman–Crippen LogP) is 2.32. The van der Waals surface area contributed by atoms with Gasteiger partial charge in [0.1, 0.15) is 0 Å². The van der Waals surface area contributed by atoms with Crippen molar-refractivity contribution in [3.8, 4) is 0 Å². The van der Waals surface area contributed by atoms with E-state index >= 15 is 0 Å². The van der Waals surface area contributed by atoms with Crippen molar-refractivity contribution in [2.75, 3.05) is 5.43 Å². The summed E-state index contributed by atoms with van der Waals surface area (Å²) < 4.78 is 0. The minimum Gasteiger partial charge on any atom is -0.278 e. The van der Waals surface area contributed by atoms with Gasteiger partial charge in [-0.1, -0.05) is 6.07 Å². The molecule has 5 nitrogen and oxygen atoms in total. The van der Waals surface area contributed by atoms with E-state index in [1.807, 2.05) is 6.92 Å². The number of nitro benzene ring substituents is 1. The summed E-state index contributed by atoms with van der Waals surface area (Å²) in [5.41, 5.74) is 4.35. The molecule has 0 saturated heterocycles. The third-order valence-corrected chi connectivity index (χ3v) is 1.75. The maximum absolute atomic E-state index is 10.5. The Morgan fingerprint density at radius 2 is 2.29 bits per heavy atom. The van der Waals surface area contributed by atoms with Crippen molar-refractivity contribution in [3.63, 3.8) is 0 Å². The summed E-state index contributed by atoms with van der Waals surface area (Å²) in [7, 11) is 0. The molecule has 0 amide bonds. The molecule has 0 spiro atoms. The zero-order chi connectivity index (χ0) is 10.6. The Labute approximate surface area is 81.6 Å². The molecule has 0 bridgehead atoms. The number of nitrogens with one attached hydrogen (secondary N) is 1. The molecular formula is C9H11N3O2. The maximum Gasteiger partial charge on any atom is 0.271 e. The number of benzene rings is 1. The van der Waals surface area contributed by atoms with Gasteiger partial charge < -0.3 is 0 Å². The highest BCUT2D eigenvalue weighted by molar-refractivity contribution is 5.60. The Kier molecular flexibility index (Phi) is 3.17. The number of nitrogens with zero attached hydrogens (tertiary/aromatic N) is 2. The van der Waals surface area contributed by atoms with Gasteiger partial charge in [-0.2, -0.15) is 5.10 Å². The molecule has 5 heteroatoms. The third kappa shape index (κ3) is 2.29. The summed E-state index contributed by atoms with van der Waals surface area (Å²) in [6, 6.07) is 4.62. The van der Waals surface area contributed by atoms with E-state index in [-0.39, 0.29) is 5.69 Å². The van der Waals surface area contributed by atoms with Crippen molar-refractivity contribution in [1.29, 1.82) is 0 Å². The van der Waals surface area contributed by atoms with Crippen molar-refractivity contribution in [2.45, 2.75) is 13.8 Å². The summed E-state index contributed by atoms with van der Waals surface area (Å²) in [5, 5.41) is 14.3. The average Bonchev–Trinajstić information content (AvgIpc) is 2.16. The van der Waals surface area contributed by atoms with Crippen LogP contribution >= 0.6 is 0 Å². The van der Waals surface area contributed by atoms with Gasteiger partial charge in [0.2, 0.25) is 0 Å². The van der Waals surface area contributed by atoms with Crippen LogP contribution in [-0.2, 0) is 0 Å². The van der Waals surface area contributed by atoms with Crippen LogP contribution in [0.2, 0.25) is 0 Å². The van der Waals surface area contributed by atoms with Gasteiger partial charge >= 0.3 is 0 Å². The number of hydrazone groups is 1. The number of anilines is 1. The lowest BCUT2D eigenvalue weighted by Gasteiger charge is -2.03. The predicted molar refractivity (Wildman–Crippen MR) is 55.6 cm³/mol. The quantitative estimate of drug-likeness (QED) is 0.455. The Bertz CT molecular complexity index is 374. The Balaban J connectivity index is 3.01. The first-order chi connectivity index (χ1) is 6.65. The lowest BCUT2D eigenvalue weighted by atomic mass is 10.2. The molecule has 1 rings (SSSR count). The van der Waals surface area contributed by atoms with Crippen LogP contribution in [0, 0.1) is 17.0 Å². The maximum atomic E-state index is 10.5. The van der Waals surface area contributed by atoms with E-state index < -0.39 is 4.92 Å². The molecule has 74 valence electrons. The fraction of sp³-hybridized carbons (Fsp3) is 0.222. The summed E-state index contributed by atoms with van der Waals surface area (Å²) in [5.74, 6) is 0. The van der Waals surface area contributed by atoms with Crippen LogP contribution in [0.4, 0.5) is 11.4 Å². The molecule has 1 aromatic rings. The molecule has 0 aliphatic carbocycles. The van der Waals surface area contributed by atoms with Gasteiger partial charge in [-0.25, -0.2) is 0 Å². The van der Waals surface area contributed by atoms with Gasteiger partial charge in [0.25, 0.3) is 5.69 Å². The van der Waals surface area contributed by atoms with E-state index in [0.29, 0.717) is 5.69 Å². The summed E-state index contributed by atoms with van der Waals surface area (Å²) >= 11 is 0. The molecule has 0 aliphatic rings. The van der Waals surface area contributed by atoms with E-state index in [4.69, 9.17) is 0 Å². The second-order valence-electron chi connectivity index (χ2n) is 2.76. The summed E-state index contributed by atoms with van der Waals surface area (Å²) in [6.07, 6.45) is 1.58. The topological polar surface area (TPSA) is 67.5 Å². The second-order valence-corrected chi connectivity index (χ2v) is 2.76. The van der Waals surface area contributed by atoms with E-state index in [1.54, 1.807) is 19.2 Å². The molecule has 0 atom stereocenters. The molecule has 0 unspecified atom stereocenters. The van der Waals surface area contributed by atoms with Crippen LogP contribution in [0.25, 0.3) is 0 Å². The molecule has 1 aromatic carbocycles. The summed E-state index contributed by atoms with van der Waals surface area (Å²) in [4.78, 5) is 10.0. The Morgan fingerprint density at radius 3 is 2.86 bits per heavy atom. The van der Waals surface area contributed by atoms with Crippen LogP contribution in [-0.4, -0.2) is 11.1 Å². The molecule has 1 N–H and O–H groups in total. The highest BCUT2D eigenvalue weighted by Crippen LogP contribution is 2.21. The number of aryl methyl sites for hydroxylation is 1. The van der Waals surface area contributed by atoms with E-state index in [9.17, 15) is 10.1 Å². The molecule has 0 aliphatic heterocycles. The molecule has 14 heavy (non-hydrogen) atoms. The van der Waals surface area contributed by atoms with Crippen molar-refractivity contribution in [1.82, 2.24) is 0 Å². The van der Waals surface area contributed by atoms with Crippen molar-refractivity contribution in [3.05, 3.63) is 33.9 Å². The first-order valence-electron chi connectivity index (χ1n) is 4.14. The minimum atomic E-state index is -0.430. The smallest absolute Gasteiger partial charge is 0.271 e. The SMILES string of the molecule is C/C=N\Nc1cc([N+](=O)[O-])ccc1C. The van der Waals surface area contributed by atoms with Gasteiger partial charge in [0.15, 0.2) is 0 Å². The van der Waals surface area contributed by atoms with Crippen LogP contribution < -0.4 is 5.43 Å². The number of rotatable bonds is 3. The van der Waals surface area contributed by atoms with Gasteiger partial charge in [0, 0.05) is 18.3 Å². The van der Waals surface area contributed by atoms with Gasteiger partial charge in [-0.05, 0) is 19.4 Å². The number of non-ortho nitro benzene ring substituents is 1. The lowest BCUT2D eigenvalue weighted by molar-refractivity contribution is -0.384. The lowest BCUT2D eigenvalue weighted by Crippen LogP contribution is -1.94. The minimum absolute atomic E-state index is 0.0596. The molecule has 0 fully saturated rings. The monoisotopic (exact) mass is 193 g/mol. The van der Waals surface area contributed by atoms with Gasteiger partial charge in [0.05, 0.1) is 10.6 Å². The molecule has 0 heterocycles. The summed E-state index contributed by atoms with van der Waals surface area (Å²) in [6.45, 7) is 3.62.